The van der Waals surface area contributed by atoms with Gasteiger partial charge in [-0.2, -0.15) is 0 Å². The Labute approximate surface area is 168 Å². The lowest BCUT2D eigenvalue weighted by molar-refractivity contribution is -0.120. The second-order valence-corrected chi connectivity index (χ2v) is 8.26. The van der Waals surface area contributed by atoms with Crippen molar-refractivity contribution in [3.63, 3.8) is 0 Å². The predicted molar refractivity (Wildman–Crippen MR) is 113 cm³/mol. The highest BCUT2D eigenvalue weighted by Crippen LogP contribution is 2.21. The number of hydrogen-bond acceptors (Lipinski definition) is 5. The van der Waals surface area contributed by atoms with E-state index in [1.807, 2.05) is 45.9 Å². The minimum atomic E-state index is -0.271. The first-order valence-corrected chi connectivity index (χ1v) is 10.2. The third-order valence-electron chi connectivity index (χ3n) is 4.56. The lowest BCUT2D eigenvalue weighted by atomic mass is 10.0. The summed E-state index contributed by atoms with van der Waals surface area (Å²) in [5, 5.41) is 3.97. The van der Waals surface area contributed by atoms with Crippen LogP contribution in [0.4, 0.5) is 0 Å². The first-order valence-electron chi connectivity index (χ1n) is 9.19. The van der Waals surface area contributed by atoms with Gasteiger partial charge in [0.2, 0.25) is 5.91 Å². The smallest absolute Gasteiger partial charge is 0.267 e. The van der Waals surface area contributed by atoms with Gasteiger partial charge in [-0.3, -0.25) is 9.59 Å². The molecule has 0 saturated carbocycles. The van der Waals surface area contributed by atoms with Gasteiger partial charge in [0.05, 0.1) is 16.7 Å². The van der Waals surface area contributed by atoms with Crippen molar-refractivity contribution in [2.45, 2.75) is 44.8 Å². The van der Waals surface area contributed by atoms with E-state index in [0.717, 1.165) is 12.0 Å². The van der Waals surface area contributed by atoms with Crippen LogP contribution in [0.3, 0.4) is 0 Å². The Balaban J connectivity index is 2.00. The molecule has 0 aliphatic carbocycles. The van der Waals surface area contributed by atoms with E-state index in [1.54, 1.807) is 24.4 Å². The van der Waals surface area contributed by atoms with E-state index in [1.165, 1.54) is 16.3 Å². The SMILES string of the molecule is CCC(C)(C)NC(=O)CSc1nc2ccccc2c(=O)n1-c1ccc(C)cn1. The number of rotatable bonds is 6. The number of carbonyl (C=O) groups excluding carboxylic acids is 1. The van der Waals surface area contributed by atoms with Gasteiger partial charge in [-0.25, -0.2) is 14.5 Å². The van der Waals surface area contributed by atoms with Crippen LogP contribution in [0.25, 0.3) is 16.7 Å². The second kappa shape index (κ2) is 8.14. The van der Waals surface area contributed by atoms with Crippen LogP contribution < -0.4 is 10.9 Å². The summed E-state index contributed by atoms with van der Waals surface area (Å²) < 4.78 is 1.48. The highest BCUT2D eigenvalue weighted by atomic mass is 32.2. The van der Waals surface area contributed by atoms with Gasteiger partial charge < -0.3 is 5.32 Å². The summed E-state index contributed by atoms with van der Waals surface area (Å²) >= 11 is 1.23. The predicted octanol–water partition coefficient (Wildman–Crippen LogP) is 3.49. The first-order chi connectivity index (χ1) is 13.3. The molecular formula is C21H24N4O2S. The van der Waals surface area contributed by atoms with Crippen molar-refractivity contribution in [2.75, 3.05) is 5.75 Å². The summed E-state index contributed by atoms with van der Waals surface area (Å²) in [5.41, 5.74) is 1.14. The van der Waals surface area contributed by atoms with Gasteiger partial charge >= 0.3 is 0 Å². The van der Waals surface area contributed by atoms with E-state index in [0.29, 0.717) is 21.9 Å². The Bertz CT molecular complexity index is 1060. The number of pyridine rings is 1. The molecule has 1 amide bonds. The molecule has 0 spiro atoms. The summed E-state index contributed by atoms with van der Waals surface area (Å²) in [6.45, 7) is 7.93. The number of carbonyl (C=O) groups is 1. The fourth-order valence-corrected chi connectivity index (χ4v) is 3.44. The topological polar surface area (TPSA) is 76.9 Å². The zero-order valence-corrected chi connectivity index (χ0v) is 17.3. The maximum absolute atomic E-state index is 13.1. The van der Waals surface area contributed by atoms with Crippen LogP contribution in [0.2, 0.25) is 0 Å². The average molecular weight is 397 g/mol. The number of hydrogen-bond donors (Lipinski definition) is 1. The van der Waals surface area contributed by atoms with Crippen LogP contribution >= 0.6 is 11.8 Å². The molecule has 3 rings (SSSR count). The van der Waals surface area contributed by atoms with Gasteiger partial charge in [-0.05, 0) is 51.0 Å². The lowest BCUT2D eigenvalue weighted by Crippen LogP contribution is -2.43. The van der Waals surface area contributed by atoms with Crippen molar-refractivity contribution in [1.29, 1.82) is 0 Å². The summed E-state index contributed by atoms with van der Waals surface area (Å²) in [6.07, 6.45) is 2.54. The van der Waals surface area contributed by atoms with Crippen molar-refractivity contribution in [2.24, 2.45) is 0 Å². The third kappa shape index (κ3) is 4.42. The summed E-state index contributed by atoms with van der Waals surface area (Å²) in [5.74, 6) is 0.563. The fourth-order valence-electron chi connectivity index (χ4n) is 2.64. The molecule has 3 aromatic rings. The van der Waals surface area contributed by atoms with Gasteiger partial charge in [-0.15, -0.1) is 0 Å². The molecule has 0 aliphatic heterocycles. The number of amides is 1. The molecule has 0 atom stereocenters. The monoisotopic (exact) mass is 396 g/mol. The quantitative estimate of drug-likeness (QED) is 0.510. The van der Waals surface area contributed by atoms with Crippen molar-refractivity contribution in [3.05, 3.63) is 58.5 Å². The van der Waals surface area contributed by atoms with E-state index in [2.05, 4.69) is 15.3 Å². The summed E-state index contributed by atoms with van der Waals surface area (Å²) in [6, 6.07) is 10.9. The standard InChI is InChI=1S/C21H24N4O2S/c1-5-21(3,4)24-18(26)13-28-20-23-16-9-7-6-8-15(16)19(27)25(20)17-11-10-14(2)12-22-17/h6-12H,5,13H2,1-4H3,(H,24,26). The fraction of sp³-hybridized carbons (Fsp3) is 0.333. The molecular weight excluding hydrogens is 372 g/mol. The van der Waals surface area contributed by atoms with E-state index < -0.39 is 0 Å². The Kier molecular flexibility index (Phi) is 5.84. The lowest BCUT2D eigenvalue weighted by Gasteiger charge is -2.24. The maximum atomic E-state index is 13.1. The zero-order chi connectivity index (χ0) is 20.3. The van der Waals surface area contributed by atoms with Gasteiger partial charge in [0.25, 0.3) is 5.56 Å². The Morgan fingerprint density at radius 2 is 1.96 bits per heavy atom. The molecule has 1 aromatic carbocycles. The summed E-state index contributed by atoms with van der Waals surface area (Å²) in [7, 11) is 0. The third-order valence-corrected chi connectivity index (χ3v) is 5.50. The number of thioether (sulfide) groups is 1. The van der Waals surface area contributed by atoms with Crippen molar-refractivity contribution in [3.8, 4) is 5.82 Å². The van der Waals surface area contributed by atoms with Crippen LogP contribution in [0, 0.1) is 6.92 Å². The van der Waals surface area contributed by atoms with Gasteiger partial charge in [-0.1, -0.05) is 36.9 Å². The Hall–Kier alpha value is -2.67. The molecule has 2 heterocycles. The van der Waals surface area contributed by atoms with Crippen molar-refractivity contribution < 1.29 is 4.79 Å². The van der Waals surface area contributed by atoms with Crippen molar-refractivity contribution >= 4 is 28.6 Å². The number of nitrogens with one attached hydrogen (secondary N) is 1. The number of nitrogens with zero attached hydrogens (tertiary/aromatic N) is 3. The highest BCUT2D eigenvalue weighted by molar-refractivity contribution is 7.99. The first kappa shape index (κ1) is 20.1. The van der Waals surface area contributed by atoms with Crippen LogP contribution in [0.1, 0.15) is 32.8 Å². The maximum Gasteiger partial charge on any atom is 0.267 e. The molecule has 6 nitrogen and oxygen atoms in total. The molecule has 0 fully saturated rings. The summed E-state index contributed by atoms with van der Waals surface area (Å²) in [4.78, 5) is 34.5. The molecule has 0 unspecified atom stereocenters. The van der Waals surface area contributed by atoms with Crippen LogP contribution in [-0.2, 0) is 4.79 Å². The van der Waals surface area contributed by atoms with Gasteiger partial charge in [0, 0.05) is 11.7 Å². The van der Waals surface area contributed by atoms with Gasteiger partial charge in [0.1, 0.15) is 5.82 Å². The van der Waals surface area contributed by atoms with E-state index in [9.17, 15) is 9.59 Å². The number of fused-ring (bicyclic) bond motifs is 1. The Morgan fingerprint density at radius 3 is 2.64 bits per heavy atom. The molecule has 2 aromatic heterocycles. The van der Waals surface area contributed by atoms with E-state index in [-0.39, 0.29) is 22.8 Å². The number of para-hydroxylation sites is 1. The molecule has 1 N–H and O–H groups in total. The molecule has 0 radical (unpaired) electrons. The number of aromatic nitrogens is 3. The zero-order valence-electron chi connectivity index (χ0n) is 16.5. The normalized spacial score (nSPS) is 11.6. The van der Waals surface area contributed by atoms with Crippen LogP contribution in [0.5, 0.6) is 0 Å². The Morgan fingerprint density at radius 1 is 1.21 bits per heavy atom. The minimum Gasteiger partial charge on any atom is -0.351 e. The highest BCUT2D eigenvalue weighted by Gasteiger charge is 2.20. The molecule has 0 aliphatic rings. The minimum absolute atomic E-state index is 0.0947. The second-order valence-electron chi connectivity index (χ2n) is 7.32. The number of aryl methyl sites for hydroxylation is 1. The number of benzene rings is 1. The van der Waals surface area contributed by atoms with Gasteiger partial charge in [0.15, 0.2) is 5.16 Å². The molecule has 0 saturated heterocycles. The van der Waals surface area contributed by atoms with E-state index in [4.69, 9.17) is 0 Å². The van der Waals surface area contributed by atoms with Crippen LogP contribution in [-0.4, -0.2) is 31.7 Å². The molecule has 7 heteroatoms. The van der Waals surface area contributed by atoms with Crippen molar-refractivity contribution in [1.82, 2.24) is 19.9 Å². The molecule has 28 heavy (non-hydrogen) atoms. The van der Waals surface area contributed by atoms with E-state index >= 15 is 0 Å². The molecule has 146 valence electrons. The van der Waals surface area contributed by atoms with Crippen LogP contribution in [0.15, 0.2) is 52.5 Å². The molecule has 0 bridgehead atoms. The average Bonchev–Trinajstić information content (AvgIpc) is 2.67. The largest absolute Gasteiger partial charge is 0.351 e.